The number of hydrogen-bond acceptors (Lipinski definition) is 4. The Bertz CT molecular complexity index is 641. The van der Waals surface area contributed by atoms with Crippen LogP contribution in [0.3, 0.4) is 0 Å². The quantitative estimate of drug-likeness (QED) is 0.760. The molecule has 27 heavy (non-hydrogen) atoms. The number of rotatable bonds is 6. The summed E-state index contributed by atoms with van der Waals surface area (Å²) in [5.74, 6) is -0.217. The zero-order valence-corrected chi connectivity index (χ0v) is 17.4. The van der Waals surface area contributed by atoms with E-state index in [4.69, 9.17) is 4.74 Å². The SMILES string of the molecule is CC(C)[C@H](C(=O)OC(C)(C)C)N(C)[C@H]1C[C@H](CO)[C@@H](c2cccc(F)c2)C1. The first-order valence-electron chi connectivity index (χ1n) is 9.84. The summed E-state index contributed by atoms with van der Waals surface area (Å²) >= 11 is 0. The smallest absolute Gasteiger partial charge is 0.324 e. The Morgan fingerprint density at radius 3 is 2.52 bits per heavy atom. The predicted octanol–water partition coefficient (Wildman–Crippen LogP) is 3.98. The van der Waals surface area contributed by atoms with Crippen LogP contribution in [0.2, 0.25) is 0 Å². The van der Waals surface area contributed by atoms with Gasteiger partial charge < -0.3 is 9.84 Å². The fourth-order valence-corrected chi connectivity index (χ4v) is 4.27. The van der Waals surface area contributed by atoms with Crippen molar-refractivity contribution >= 4 is 5.97 Å². The molecule has 2 rings (SSSR count). The first kappa shape index (κ1) is 21.8. The van der Waals surface area contributed by atoms with Gasteiger partial charge in [-0.3, -0.25) is 9.69 Å². The van der Waals surface area contributed by atoms with E-state index in [0.717, 1.165) is 18.4 Å². The summed E-state index contributed by atoms with van der Waals surface area (Å²) in [6, 6.07) is 6.42. The molecular formula is C22H34FNO3. The van der Waals surface area contributed by atoms with Crippen molar-refractivity contribution in [2.24, 2.45) is 11.8 Å². The molecule has 152 valence electrons. The van der Waals surface area contributed by atoms with E-state index in [1.165, 1.54) is 6.07 Å². The number of carbonyl (C=O) groups excluding carboxylic acids is 1. The van der Waals surface area contributed by atoms with Crippen LogP contribution >= 0.6 is 0 Å². The summed E-state index contributed by atoms with van der Waals surface area (Å²) in [7, 11) is 1.96. The molecule has 1 fully saturated rings. The van der Waals surface area contributed by atoms with Crippen molar-refractivity contribution in [1.82, 2.24) is 4.90 Å². The number of likely N-dealkylation sites (N-methyl/N-ethyl adjacent to an activating group) is 1. The van der Waals surface area contributed by atoms with Gasteiger partial charge in [-0.2, -0.15) is 0 Å². The van der Waals surface area contributed by atoms with Crippen LogP contribution in [-0.2, 0) is 9.53 Å². The second kappa shape index (κ2) is 8.70. The molecule has 5 heteroatoms. The molecule has 1 aromatic carbocycles. The number of halogens is 1. The Labute approximate surface area is 162 Å². The summed E-state index contributed by atoms with van der Waals surface area (Å²) in [6.45, 7) is 9.73. The molecular weight excluding hydrogens is 345 g/mol. The summed E-state index contributed by atoms with van der Waals surface area (Å²) < 4.78 is 19.3. The molecule has 4 nitrogen and oxygen atoms in total. The molecule has 1 aliphatic rings. The average Bonchev–Trinajstić information content (AvgIpc) is 2.97. The third kappa shape index (κ3) is 5.52. The highest BCUT2D eigenvalue weighted by atomic mass is 19.1. The first-order valence-corrected chi connectivity index (χ1v) is 9.84. The van der Waals surface area contributed by atoms with Crippen LogP contribution in [0.15, 0.2) is 24.3 Å². The van der Waals surface area contributed by atoms with Gasteiger partial charge in [-0.1, -0.05) is 26.0 Å². The van der Waals surface area contributed by atoms with Gasteiger partial charge in [0.1, 0.15) is 17.5 Å². The highest BCUT2D eigenvalue weighted by Gasteiger charge is 2.41. The average molecular weight is 380 g/mol. The molecule has 0 heterocycles. The van der Waals surface area contributed by atoms with Crippen molar-refractivity contribution in [3.63, 3.8) is 0 Å². The molecule has 1 aliphatic carbocycles. The van der Waals surface area contributed by atoms with Crippen molar-refractivity contribution in [2.75, 3.05) is 13.7 Å². The van der Waals surface area contributed by atoms with E-state index >= 15 is 0 Å². The van der Waals surface area contributed by atoms with Gasteiger partial charge in [-0.25, -0.2) is 4.39 Å². The zero-order chi connectivity index (χ0) is 20.4. The molecule has 1 aromatic rings. The lowest BCUT2D eigenvalue weighted by Crippen LogP contribution is -2.49. The maximum Gasteiger partial charge on any atom is 0.324 e. The minimum Gasteiger partial charge on any atom is -0.459 e. The maximum absolute atomic E-state index is 13.7. The number of benzene rings is 1. The highest BCUT2D eigenvalue weighted by molar-refractivity contribution is 5.76. The van der Waals surface area contributed by atoms with Crippen molar-refractivity contribution < 1.29 is 19.0 Å². The maximum atomic E-state index is 13.7. The van der Waals surface area contributed by atoms with E-state index in [0.29, 0.717) is 0 Å². The molecule has 4 atom stereocenters. The number of aliphatic hydroxyl groups excluding tert-OH is 1. The lowest BCUT2D eigenvalue weighted by atomic mass is 9.89. The third-order valence-corrected chi connectivity index (χ3v) is 5.48. The molecule has 0 spiro atoms. The Kier molecular flexibility index (Phi) is 7.03. The van der Waals surface area contributed by atoms with Crippen molar-refractivity contribution in [3.05, 3.63) is 35.6 Å². The highest BCUT2D eigenvalue weighted by Crippen LogP contribution is 2.42. The van der Waals surface area contributed by atoms with Crippen LogP contribution in [0.4, 0.5) is 4.39 Å². The van der Waals surface area contributed by atoms with E-state index in [2.05, 4.69) is 4.90 Å². The molecule has 0 aliphatic heterocycles. The third-order valence-electron chi connectivity index (χ3n) is 5.48. The molecule has 0 amide bonds. The van der Waals surface area contributed by atoms with Crippen LogP contribution in [-0.4, -0.2) is 47.3 Å². The first-order chi connectivity index (χ1) is 12.5. The van der Waals surface area contributed by atoms with E-state index < -0.39 is 5.60 Å². The molecule has 0 saturated heterocycles. The Morgan fingerprint density at radius 2 is 2.00 bits per heavy atom. The van der Waals surface area contributed by atoms with Crippen LogP contribution in [0, 0.1) is 17.7 Å². The second-order valence-corrected chi connectivity index (χ2v) is 9.12. The van der Waals surface area contributed by atoms with Gasteiger partial charge >= 0.3 is 5.97 Å². The summed E-state index contributed by atoms with van der Waals surface area (Å²) in [6.07, 6.45) is 1.57. The molecule has 0 radical (unpaired) electrons. The zero-order valence-electron chi connectivity index (χ0n) is 17.4. The van der Waals surface area contributed by atoms with Crippen molar-refractivity contribution in [2.45, 2.75) is 71.1 Å². The number of nitrogens with zero attached hydrogens (tertiary/aromatic N) is 1. The normalized spacial score (nSPS) is 24.4. The fourth-order valence-electron chi connectivity index (χ4n) is 4.27. The molecule has 0 bridgehead atoms. The van der Waals surface area contributed by atoms with Crippen LogP contribution in [0.5, 0.6) is 0 Å². The Hall–Kier alpha value is -1.46. The van der Waals surface area contributed by atoms with Gasteiger partial charge in [0.15, 0.2) is 0 Å². The predicted molar refractivity (Wildman–Crippen MR) is 105 cm³/mol. The lowest BCUT2D eigenvalue weighted by Gasteiger charge is -2.36. The molecule has 0 aromatic heterocycles. The van der Waals surface area contributed by atoms with Gasteiger partial charge in [0.25, 0.3) is 0 Å². The second-order valence-electron chi connectivity index (χ2n) is 9.12. The fraction of sp³-hybridized carbons (Fsp3) is 0.682. The van der Waals surface area contributed by atoms with Crippen molar-refractivity contribution in [1.29, 1.82) is 0 Å². The van der Waals surface area contributed by atoms with Crippen molar-refractivity contribution in [3.8, 4) is 0 Å². The van der Waals surface area contributed by atoms with Crippen LogP contribution in [0.1, 0.15) is 58.9 Å². The van der Waals surface area contributed by atoms with Gasteiger partial charge in [-0.05, 0) is 76.1 Å². The number of carbonyl (C=O) groups is 1. The van der Waals surface area contributed by atoms with Gasteiger partial charge in [0.05, 0.1) is 0 Å². The number of esters is 1. The monoisotopic (exact) mass is 379 g/mol. The van der Waals surface area contributed by atoms with E-state index in [9.17, 15) is 14.3 Å². The number of hydrogen-bond donors (Lipinski definition) is 1. The topological polar surface area (TPSA) is 49.8 Å². The van der Waals surface area contributed by atoms with Crippen LogP contribution in [0.25, 0.3) is 0 Å². The van der Waals surface area contributed by atoms with Gasteiger partial charge in [0, 0.05) is 12.6 Å². The van der Waals surface area contributed by atoms with E-state index in [1.54, 1.807) is 12.1 Å². The molecule has 0 unspecified atom stereocenters. The molecule has 1 N–H and O–H groups in total. The summed E-state index contributed by atoms with van der Waals surface area (Å²) in [4.78, 5) is 14.9. The van der Waals surface area contributed by atoms with E-state index in [1.807, 2.05) is 47.7 Å². The lowest BCUT2D eigenvalue weighted by molar-refractivity contribution is -0.163. The van der Waals surface area contributed by atoms with Crippen LogP contribution < -0.4 is 0 Å². The largest absolute Gasteiger partial charge is 0.459 e. The summed E-state index contributed by atoms with van der Waals surface area (Å²) in [5.41, 5.74) is 0.390. The summed E-state index contributed by atoms with van der Waals surface area (Å²) in [5, 5.41) is 9.87. The number of aliphatic hydroxyl groups is 1. The minimum atomic E-state index is -0.529. The van der Waals surface area contributed by atoms with Gasteiger partial charge in [-0.15, -0.1) is 0 Å². The Balaban J connectivity index is 2.19. The Morgan fingerprint density at radius 1 is 1.33 bits per heavy atom. The standard InChI is InChI=1S/C22H34FNO3/c1-14(2)20(21(26)27-22(3,4)5)24(6)18-11-16(13-25)19(12-18)15-8-7-9-17(23)10-15/h7-10,14,16,18-20,25H,11-13H2,1-6H3/t16-,18+,19-,20-/m1/s1. The number of ether oxygens (including phenoxy) is 1. The minimum absolute atomic E-state index is 0.0598. The van der Waals surface area contributed by atoms with E-state index in [-0.39, 0.29) is 48.2 Å². The van der Waals surface area contributed by atoms with Gasteiger partial charge in [0.2, 0.25) is 0 Å². The molecule has 1 saturated carbocycles.